The quantitative estimate of drug-likeness (QED) is 0.136. The van der Waals surface area contributed by atoms with Crippen LogP contribution in [0.15, 0.2) is 77.1 Å². The lowest BCUT2D eigenvalue weighted by atomic mass is 9.92. The summed E-state index contributed by atoms with van der Waals surface area (Å²) >= 11 is 0. The first kappa shape index (κ1) is 29.6. The van der Waals surface area contributed by atoms with E-state index in [2.05, 4.69) is 105 Å². The lowest BCUT2D eigenvalue weighted by molar-refractivity contribution is 0.650. The molecule has 0 spiro atoms. The van der Waals surface area contributed by atoms with Gasteiger partial charge in [-0.25, -0.2) is 0 Å². The molecule has 0 unspecified atom stereocenters. The minimum absolute atomic E-state index is 0.918. The summed E-state index contributed by atoms with van der Waals surface area (Å²) in [4.78, 5) is 0. The van der Waals surface area contributed by atoms with Crippen LogP contribution in [0.5, 0.6) is 0 Å². The van der Waals surface area contributed by atoms with Crippen LogP contribution in [0.4, 0.5) is 5.69 Å². The first-order chi connectivity index (χ1) is 18.7. The molecule has 3 aromatic carbocycles. The van der Waals surface area contributed by atoms with E-state index in [9.17, 15) is 0 Å². The zero-order valence-corrected chi connectivity index (χ0v) is 24.3. The molecular formula is C36H48N2. The van der Waals surface area contributed by atoms with Crippen molar-refractivity contribution in [2.45, 2.75) is 105 Å². The van der Waals surface area contributed by atoms with Gasteiger partial charge < -0.3 is 0 Å². The molecule has 2 heteroatoms. The van der Waals surface area contributed by atoms with Gasteiger partial charge in [0.15, 0.2) is 0 Å². The predicted octanol–water partition coefficient (Wildman–Crippen LogP) is 11.5. The van der Waals surface area contributed by atoms with Gasteiger partial charge in [0.2, 0.25) is 0 Å². The monoisotopic (exact) mass is 508 g/mol. The summed E-state index contributed by atoms with van der Waals surface area (Å²) < 4.78 is 0. The Morgan fingerprint density at radius 1 is 0.632 bits per heavy atom. The van der Waals surface area contributed by atoms with Crippen LogP contribution in [0.1, 0.15) is 107 Å². The van der Waals surface area contributed by atoms with E-state index < -0.39 is 0 Å². The van der Waals surface area contributed by atoms with E-state index in [4.69, 9.17) is 0 Å². The Kier molecular flexibility index (Phi) is 13.0. The van der Waals surface area contributed by atoms with Gasteiger partial charge >= 0.3 is 0 Å². The second-order valence-electron chi connectivity index (χ2n) is 10.4. The summed E-state index contributed by atoms with van der Waals surface area (Å²) in [5, 5.41) is 9.05. The molecule has 0 aliphatic rings. The number of rotatable bonds is 16. The van der Waals surface area contributed by atoms with Crippen LogP contribution in [0, 0.1) is 0 Å². The van der Waals surface area contributed by atoms with Crippen LogP contribution in [-0.4, -0.2) is 0 Å². The van der Waals surface area contributed by atoms with Gasteiger partial charge in [-0.05, 0) is 95.7 Å². The number of azo groups is 1. The van der Waals surface area contributed by atoms with Crippen LogP contribution in [0.2, 0.25) is 0 Å². The van der Waals surface area contributed by atoms with Crippen LogP contribution < -0.4 is 0 Å². The molecule has 0 bridgehead atoms. The minimum Gasteiger partial charge on any atom is -0.159 e. The highest BCUT2D eigenvalue weighted by Gasteiger charge is 2.10. The summed E-state index contributed by atoms with van der Waals surface area (Å²) in [6.07, 6.45) is 18.8. The van der Waals surface area contributed by atoms with Crippen molar-refractivity contribution in [3.05, 3.63) is 94.7 Å². The fraction of sp³-hybridized carbons (Fsp3) is 0.444. The first-order valence-electron chi connectivity index (χ1n) is 15.1. The third kappa shape index (κ3) is 9.08. The molecular weight excluding hydrogens is 460 g/mol. The van der Waals surface area contributed by atoms with Crippen molar-refractivity contribution < 1.29 is 0 Å². The van der Waals surface area contributed by atoms with Crippen LogP contribution in [0.3, 0.4) is 0 Å². The summed E-state index contributed by atoms with van der Waals surface area (Å²) in [5.41, 5.74) is 10.5. The average Bonchev–Trinajstić information content (AvgIpc) is 2.96. The summed E-state index contributed by atoms with van der Waals surface area (Å²) in [7, 11) is 0. The molecule has 0 aliphatic carbocycles. The standard InChI is InChI=1S/C36H48N2/c1-5-9-11-14-18-31-23-22-29(26-33(31)21-15-12-10-6-2)24-25-37-38-34-27-30(7-3)35(8-4)36(28-34)32-19-16-13-17-20-32/h13,16-17,19-20,22-28H,5-12,14-15,18,21H2,1-4H3. The van der Waals surface area contributed by atoms with Crippen molar-refractivity contribution in [3.63, 3.8) is 0 Å². The number of benzene rings is 3. The number of aryl methyl sites for hydroxylation is 3. The number of hydrogen-bond acceptors (Lipinski definition) is 2. The van der Waals surface area contributed by atoms with Gasteiger partial charge in [0, 0.05) is 0 Å². The van der Waals surface area contributed by atoms with Gasteiger partial charge in [-0.15, -0.1) is 0 Å². The zero-order valence-electron chi connectivity index (χ0n) is 24.3. The van der Waals surface area contributed by atoms with Crippen LogP contribution in [0.25, 0.3) is 17.2 Å². The van der Waals surface area contributed by atoms with Crippen LogP contribution in [-0.2, 0) is 25.7 Å². The molecule has 0 saturated heterocycles. The molecule has 2 nitrogen and oxygen atoms in total. The van der Waals surface area contributed by atoms with E-state index in [0.29, 0.717) is 0 Å². The molecule has 38 heavy (non-hydrogen) atoms. The molecule has 0 atom stereocenters. The summed E-state index contributed by atoms with van der Waals surface area (Å²) in [6.45, 7) is 9.02. The van der Waals surface area contributed by atoms with E-state index in [1.54, 1.807) is 0 Å². The SMILES string of the molecule is CCCCCCc1ccc(C=CN=Nc2cc(CC)c(CC)c(-c3ccccc3)c2)cc1CCCCCC. The molecule has 0 radical (unpaired) electrons. The Balaban J connectivity index is 1.77. The van der Waals surface area contributed by atoms with Gasteiger partial charge in [0.1, 0.15) is 0 Å². The fourth-order valence-corrected chi connectivity index (χ4v) is 5.31. The van der Waals surface area contributed by atoms with Crippen molar-refractivity contribution in [1.29, 1.82) is 0 Å². The number of nitrogens with zero attached hydrogens (tertiary/aromatic N) is 2. The van der Waals surface area contributed by atoms with E-state index in [0.717, 1.165) is 18.5 Å². The fourth-order valence-electron chi connectivity index (χ4n) is 5.31. The summed E-state index contributed by atoms with van der Waals surface area (Å²) in [6, 6.07) is 22.0. The Bertz CT molecular complexity index is 1160. The highest BCUT2D eigenvalue weighted by molar-refractivity contribution is 5.72. The van der Waals surface area contributed by atoms with Crippen molar-refractivity contribution in [2.75, 3.05) is 0 Å². The Labute approximate surface area is 232 Å². The third-order valence-electron chi connectivity index (χ3n) is 7.48. The maximum atomic E-state index is 4.60. The molecule has 3 rings (SSSR count). The lowest BCUT2D eigenvalue weighted by Gasteiger charge is -2.14. The topological polar surface area (TPSA) is 24.7 Å². The number of unbranched alkanes of at least 4 members (excludes halogenated alkanes) is 6. The van der Waals surface area contributed by atoms with E-state index in [1.807, 2.05) is 6.20 Å². The van der Waals surface area contributed by atoms with Crippen molar-refractivity contribution in [1.82, 2.24) is 0 Å². The maximum absolute atomic E-state index is 4.60. The largest absolute Gasteiger partial charge is 0.159 e. The van der Waals surface area contributed by atoms with Crippen LogP contribution >= 0.6 is 0 Å². The zero-order chi connectivity index (χ0) is 27.0. The first-order valence-corrected chi connectivity index (χ1v) is 15.1. The molecule has 202 valence electrons. The molecule has 0 saturated carbocycles. The third-order valence-corrected chi connectivity index (χ3v) is 7.48. The Hall–Kier alpha value is -3.00. The van der Waals surface area contributed by atoms with E-state index in [-0.39, 0.29) is 0 Å². The molecule has 0 heterocycles. The van der Waals surface area contributed by atoms with E-state index in [1.165, 1.54) is 103 Å². The second kappa shape index (κ2) is 16.8. The van der Waals surface area contributed by atoms with Gasteiger partial charge in [-0.1, -0.05) is 115 Å². The lowest BCUT2D eigenvalue weighted by Crippen LogP contribution is -1.96. The molecule has 0 aromatic heterocycles. The summed E-state index contributed by atoms with van der Waals surface area (Å²) in [5.74, 6) is 0. The predicted molar refractivity (Wildman–Crippen MR) is 166 cm³/mol. The number of hydrogen-bond donors (Lipinski definition) is 0. The maximum Gasteiger partial charge on any atom is 0.0865 e. The van der Waals surface area contributed by atoms with Gasteiger partial charge in [-0.2, -0.15) is 10.2 Å². The Morgan fingerprint density at radius 3 is 2.00 bits per heavy atom. The molecule has 0 N–H and O–H groups in total. The highest BCUT2D eigenvalue weighted by atomic mass is 15.1. The second-order valence-corrected chi connectivity index (χ2v) is 10.4. The van der Waals surface area contributed by atoms with Gasteiger partial charge in [-0.3, -0.25) is 0 Å². The van der Waals surface area contributed by atoms with Crippen molar-refractivity contribution in [3.8, 4) is 11.1 Å². The molecule has 0 fully saturated rings. The molecule has 3 aromatic rings. The average molecular weight is 509 g/mol. The van der Waals surface area contributed by atoms with Crippen molar-refractivity contribution in [2.24, 2.45) is 10.2 Å². The smallest absolute Gasteiger partial charge is 0.0865 e. The van der Waals surface area contributed by atoms with Crippen molar-refractivity contribution >= 4 is 11.8 Å². The molecule has 0 aliphatic heterocycles. The van der Waals surface area contributed by atoms with E-state index >= 15 is 0 Å². The van der Waals surface area contributed by atoms with Gasteiger partial charge in [0.05, 0.1) is 11.9 Å². The molecule has 0 amide bonds. The Morgan fingerprint density at radius 2 is 1.34 bits per heavy atom. The highest BCUT2D eigenvalue weighted by Crippen LogP contribution is 2.32. The minimum atomic E-state index is 0.918. The van der Waals surface area contributed by atoms with Gasteiger partial charge in [0.25, 0.3) is 0 Å². The normalized spacial score (nSPS) is 11.7.